The lowest BCUT2D eigenvalue weighted by molar-refractivity contribution is -0.140. The Bertz CT molecular complexity index is 972. The van der Waals surface area contributed by atoms with E-state index in [4.69, 9.17) is 0 Å². The SMILES string of the molecule is CC[C@H](C(=O)NC1CCCCC1)N(Cc1cccs1)C(=O)CNS(=O)(=O)c1ccccc1. The van der Waals surface area contributed by atoms with Crippen LogP contribution in [0.25, 0.3) is 0 Å². The zero-order chi connectivity index (χ0) is 23.0. The number of carbonyl (C=O) groups is 2. The molecular formula is C23H31N3O4S2. The lowest BCUT2D eigenvalue weighted by Gasteiger charge is -2.32. The second-order valence-corrected chi connectivity index (χ2v) is 10.8. The van der Waals surface area contributed by atoms with E-state index in [2.05, 4.69) is 10.0 Å². The van der Waals surface area contributed by atoms with Crippen molar-refractivity contribution in [1.29, 1.82) is 0 Å². The predicted molar refractivity (Wildman–Crippen MR) is 126 cm³/mol. The van der Waals surface area contributed by atoms with Gasteiger partial charge in [-0.05, 0) is 42.8 Å². The summed E-state index contributed by atoms with van der Waals surface area (Å²) in [4.78, 5) is 28.8. The Hall–Kier alpha value is -2.23. The van der Waals surface area contributed by atoms with Gasteiger partial charge in [-0.25, -0.2) is 13.1 Å². The van der Waals surface area contributed by atoms with Crippen LogP contribution in [0.15, 0.2) is 52.7 Å². The van der Waals surface area contributed by atoms with Gasteiger partial charge in [0.2, 0.25) is 21.8 Å². The Morgan fingerprint density at radius 2 is 1.81 bits per heavy atom. The van der Waals surface area contributed by atoms with E-state index in [1.54, 1.807) is 18.2 Å². The molecule has 7 nitrogen and oxygen atoms in total. The minimum atomic E-state index is -3.82. The topological polar surface area (TPSA) is 95.6 Å². The first-order chi connectivity index (χ1) is 15.4. The molecule has 32 heavy (non-hydrogen) atoms. The molecule has 1 saturated carbocycles. The first kappa shape index (κ1) is 24.4. The maximum Gasteiger partial charge on any atom is 0.243 e. The van der Waals surface area contributed by atoms with Crippen molar-refractivity contribution in [1.82, 2.24) is 14.9 Å². The van der Waals surface area contributed by atoms with Crippen molar-refractivity contribution in [2.45, 2.75) is 69.0 Å². The number of hydrogen-bond acceptors (Lipinski definition) is 5. The molecule has 0 saturated heterocycles. The van der Waals surface area contributed by atoms with Crippen LogP contribution in [0.5, 0.6) is 0 Å². The molecule has 1 heterocycles. The quantitative estimate of drug-likeness (QED) is 0.549. The van der Waals surface area contributed by atoms with Crippen LogP contribution in [0.1, 0.15) is 50.3 Å². The van der Waals surface area contributed by atoms with E-state index < -0.39 is 28.5 Å². The molecule has 3 rings (SSSR count). The van der Waals surface area contributed by atoms with Gasteiger partial charge in [0, 0.05) is 10.9 Å². The van der Waals surface area contributed by atoms with E-state index in [9.17, 15) is 18.0 Å². The fraction of sp³-hybridized carbons (Fsp3) is 0.478. The Morgan fingerprint density at radius 3 is 2.44 bits per heavy atom. The maximum absolute atomic E-state index is 13.2. The summed E-state index contributed by atoms with van der Waals surface area (Å²) >= 11 is 1.50. The summed E-state index contributed by atoms with van der Waals surface area (Å²) in [6.07, 6.45) is 5.74. The minimum absolute atomic E-state index is 0.0969. The van der Waals surface area contributed by atoms with Crippen molar-refractivity contribution < 1.29 is 18.0 Å². The third kappa shape index (κ3) is 6.63. The lowest BCUT2D eigenvalue weighted by atomic mass is 9.95. The van der Waals surface area contributed by atoms with Crippen LogP contribution in [0.3, 0.4) is 0 Å². The molecular weight excluding hydrogens is 446 g/mol. The Morgan fingerprint density at radius 1 is 1.09 bits per heavy atom. The summed E-state index contributed by atoms with van der Waals surface area (Å²) in [5.41, 5.74) is 0. The van der Waals surface area contributed by atoms with Crippen LogP contribution >= 0.6 is 11.3 Å². The minimum Gasteiger partial charge on any atom is -0.352 e. The highest BCUT2D eigenvalue weighted by Crippen LogP contribution is 2.20. The van der Waals surface area contributed by atoms with Gasteiger partial charge >= 0.3 is 0 Å². The largest absolute Gasteiger partial charge is 0.352 e. The second-order valence-electron chi connectivity index (χ2n) is 8.01. The monoisotopic (exact) mass is 477 g/mol. The van der Waals surface area contributed by atoms with E-state index in [1.807, 2.05) is 24.4 Å². The maximum atomic E-state index is 13.2. The molecule has 1 aliphatic carbocycles. The first-order valence-electron chi connectivity index (χ1n) is 11.1. The van der Waals surface area contributed by atoms with Gasteiger partial charge in [-0.1, -0.05) is 50.5 Å². The number of benzene rings is 1. The molecule has 1 aliphatic rings. The summed E-state index contributed by atoms with van der Waals surface area (Å²) in [5.74, 6) is -0.598. The highest BCUT2D eigenvalue weighted by molar-refractivity contribution is 7.89. The van der Waals surface area contributed by atoms with Crippen molar-refractivity contribution in [2.75, 3.05) is 6.54 Å². The van der Waals surface area contributed by atoms with E-state index in [-0.39, 0.29) is 23.4 Å². The van der Waals surface area contributed by atoms with E-state index in [0.717, 1.165) is 30.6 Å². The van der Waals surface area contributed by atoms with Crippen molar-refractivity contribution in [3.63, 3.8) is 0 Å². The van der Waals surface area contributed by atoms with Gasteiger partial charge in [-0.15, -0.1) is 11.3 Å². The van der Waals surface area contributed by atoms with Crippen LogP contribution in [0.4, 0.5) is 0 Å². The third-order valence-electron chi connectivity index (χ3n) is 5.71. The summed E-state index contributed by atoms with van der Waals surface area (Å²) in [6.45, 7) is 1.73. The number of carbonyl (C=O) groups excluding carboxylic acids is 2. The molecule has 174 valence electrons. The molecule has 1 atom stereocenters. The number of thiophene rings is 1. The highest BCUT2D eigenvalue weighted by Gasteiger charge is 2.31. The zero-order valence-corrected chi connectivity index (χ0v) is 20.0. The molecule has 0 unspecified atom stereocenters. The smallest absolute Gasteiger partial charge is 0.243 e. The predicted octanol–water partition coefficient (Wildman–Crippen LogP) is 3.28. The number of nitrogens with zero attached hydrogens (tertiary/aromatic N) is 1. The van der Waals surface area contributed by atoms with Gasteiger partial charge in [0.05, 0.1) is 18.0 Å². The molecule has 9 heteroatoms. The van der Waals surface area contributed by atoms with Crippen molar-refractivity contribution in [3.8, 4) is 0 Å². The summed E-state index contributed by atoms with van der Waals surface area (Å²) in [7, 11) is -3.82. The standard InChI is InChI=1S/C23H31N3O4S2/c1-2-21(23(28)25-18-10-5-3-6-11-18)26(17-19-12-9-15-31-19)22(27)16-24-32(29,30)20-13-7-4-8-14-20/h4,7-9,12-15,18,21,24H,2-3,5-6,10-11,16-17H2,1H3,(H,25,28)/t21-/m1/s1. The molecule has 2 amide bonds. The van der Waals surface area contributed by atoms with Gasteiger partial charge in [-0.3, -0.25) is 9.59 Å². The molecule has 2 aromatic rings. The average Bonchev–Trinajstić information content (AvgIpc) is 3.32. The molecule has 1 aromatic carbocycles. The van der Waals surface area contributed by atoms with Gasteiger partial charge in [0.15, 0.2) is 0 Å². The molecule has 0 bridgehead atoms. The lowest BCUT2D eigenvalue weighted by Crippen LogP contribution is -2.53. The molecule has 2 N–H and O–H groups in total. The Labute approximate surface area is 194 Å². The molecule has 0 aliphatic heterocycles. The van der Waals surface area contributed by atoms with Crippen LogP contribution in [0, 0.1) is 0 Å². The van der Waals surface area contributed by atoms with Gasteiger partial charge in [0.1, 0.15) is 6.04 Å². The number of nitrogens with one attached hydrogen (secondary N) is 2. The molecule has 1 fully saturated rings. The number of rotatable bonds is 10. The van der Waals surface area contributed by atoms with Crippen LogP contribution in [-0.2, 0) is 26.2 Å². The fourth-order valence-corrected chi connectivity index (χ4v) is 5.67. The average molecular weight is 478 g/mol. The van der Waals surface area contributed by atoms with E-state index >= 15 is 0 Å². The first-order valence-corrected chi connectivity index (χ1v) is 13.4. The van der Waals surface area contributed by atoms with E-state index in [0.29, 0.717) is 6.42 Å². The molecule has 0 radical (unpaired) electrons. The van der Waals surface area contributed by atoms with Gasteiger partial charge in [-0.2, -0.15) is 0 Å². The van der Waals surface area contributed by atoms with E-state index in [1.165, 1.54) is 34.8 Å². The fourth-order valence-electron chi connectivity index (χ4n) is 3.98. The normalized spacial score (nSPS) is 15.8. The highest BCUT2D eigenvalue weighted by atomic mass is 32.2. The van der Waals surface area contributed by atoms with Crippen LogP contribution in [0.2, 0.25) is 0 Å². The van der Waals surface area contributed by atoms with Gasteiger partial charge in [0.25, 0.3) is 0 Å². The Balaban J connectivity index is 1.73. The number of sulfonamides is 1. The van der Waals surface area contributed by atoms with Gasteiger partial charge < -0.3 is 10.2 Å². The second kappa shape index (κ2) is 11.6. The molecule has 1 aromatic heterocycles. The number of hydrogen-bond donors (Lipinski definition) is 2. The Kier molecular flexibility index (Phi) is 8.84. The van der Waals surface area contributed by atoms with Crippen LogP contribution < -0.4 is 10.0 Å². The van der Waals surface area contributed by atoms with Crippen molar-refractivity contribution >= 4 is 33.2 Å². The third-order valence-corrected chi connectivity index (χ3v) is 7.99. The molecule has 0 spiro atoms. The summed E-state index contributed by atoms with van der Waals surface area (Å²) < 4.78 is 27.5. The summed E-state index contributed by atoms with van der Waals surface area (Å²) in [6, 6.07) is 11.2. The van der Waals surface area contributed by atoms with Crippen molar-refractivity contribution in [2.24, 2.45) is 0 Å². The zero-order valence-electron chi connectivity index (χ0n) is 18.3. The summed E-state index contributed by atoms with van der Waals surface area (Å²) in [5, 5.41) is 5.03. The number of amides is 2. The van der Waals surface area contributed by atoms with Crippen LogP contribution in [-0.4, -0.2) is 43.8 Å². The van der Waals surface area contributed by atoms with Crippen molar-refractivity contribution in [3.05, 3.63) is 52.7 Å².